The quantitative estimate of drug-likeness (QED) is 0.607. The Kier molecular flexibility index (Phi) is 11.2. The van der Waals surface area contributed by atoms with E-state index < -0.39 is 24.4 Å². The Balaban J connectivity index is 0. The molecule has 0 aromatic rings. The molecule has 16 heavy (non-hydrogen) atoms. The minimum Gasteiger partial charge on any atom is -0.481 e. The van der Waals surface area contributed by atoms with Gasteiger partial charge in [-0.05, 0) is 19.6 Å². The van der Waals surface area contributed by atoms with Crippen molar-refractivity contribution in [1.29, 1.82) is 0 Å². The first-order valence-corrected chi connectivity index (χ1v) is 5.31. The number of rotatable bonds is 6. The second-order valence-corrected chi connectivity index (χ2v) is 3.16. The second kappa shape index (κ2) is 10.4. The van der Waals surface area contributed by atoms with Gasteiger partial charge in [-0.2, -0.15) is 0 Å². The van der Waals surface area contributed by atoms with Crippen molar-refractivity contribution in [3.8, 4) is 0 Å². The summed E-state index contributed by atoms with van der Waals surface area (Å²) in [6.45, 7) is 10.1. The van der Waals surface area contributed by atoms with E-state index in [9.17, 15) is 9.59 Å². The zero-order chi connectivity index (χ0) is 13.1. The topological polar surface area (TPSA) is 104 Å². The van der Waals surface area contributed by atoms with E-state index in [0.29, 0.717) is 0 Å². The van der Waals surface area contributed by atoms with Crippen LogP contribution in [0.5, 0.6) is 0 Å². The molecule has 0 aliphatic carbocycles. The summed E-state index contributed by atoms with van der Waals surface area (Å²) in [5.41, 5.74) is 4.84. The maximum Gasteiger partial charge on any atom is 0.321 e. The minimum absolute atomic E-state index is 0.532. The molecular weight excluding hydrogens is 212 g/mol. The molecule has 0 aliphatic rings. The van der Waals surface area contributed by atoms with Gasteiger partial charge in [-0.15, -0.1) is 0 Å². The monoisotopic (exact) mass is 234 g/mol. The molecule has 96 valence electrons. The van der Waals surface area contributed by atoms with Gasteiger partial charge in [-0.1, -0.05) is 20.8 Å². The molecule has 0 aromatic carbocycles. The predicted molar refractivity (Wildman–Crippen MR) is 61.3 cm³/mol. The molecule has 0 heterocycles. The second-order valence-electron chi connectivity index (χ2n) is 3.16. The smallest absolute Gasteiger partial charge is 0.321 e. The predicted octanol–water partition coefficient (Wildman–Crippen LogP) is 0.221. The van der Waals surface area contributed by atoms with Gasteiger partial charge in [0.2, 0.25) is 0 Å². The molecule has 0 saturated heterocycles. The fourth-order valence-corrected chi connectivity index (χ4v) is 0.946. The molecule has 0 rings (SSSR count). The molecule has 6 heteroatoms. The van der Waals surface area contributed by atoms with Gasteiger partial charge in [0.25, 0.3) is 0 Å². The number of nitrogens with two attached hydrogens (primary N) is 1. The lowest BCUT2D eigenvalue weighted by molar-refractivity contribution is -0.144. The average Bonchev–Trinajstić information content (AvgIpc) is 2.20. The van der Waals surface area contributed by atoms with Crippen LogP contribution in [-0.4, -0.2) is 52.7 Å². The van der Waals surface area contributed by atoms with Crippen LogP contribution in [0.15, 0.2) is 0 Å². The first-order chi connectivity index (χ1) is 7.38. The Hall–Kier alpha value is -1.14. The van der Waals surface area contributed by atoms with E-state index in [4.69, 9.17) is 15.9 Å². The molecule has 0 unspecified atom stereocenters. The molecule has 0 bridgehead atoms. The molecule has 0 amide bonds. The normalized spacial score (nSPS) is 11.6. The molecule has 4 N–H and O–H groups in total. The largest absolute Gasteiger partial charge is 0.481 e. The summed E-state index contributed by atoms with van der Waals surface area (Å²) in [6, 6.07) is -1.29. The molecular formula is C10H22N2O4. The molecule has 0 aliphatic heterocycles. The fourth-order valence-electron chi connectivity index (χ4n) is 0.946. The first-order valence-electron chi connectivity index (χ1n) is 5.31. The van der Waals surface area contributed by atoms with Crippen molar-refractivity contribution in [3.63, 3.8) is 0 Å². The Morgan fingerprint density at radius 1 is 1.12 bits per heavy atom. The van der Waals surface area contributed by atoms with Crippen molar-refractivity contribution < 1.29 is 19.8 Å². The Morgan fingerprint density at radius 3 is 1.56 bits per heavy atom. The van der Waals surface area contributed by atoms with Gasteiger partial charge in [0.15, 0.2) is 0 Å². The summed E-state index contributed by atoms with van der Waals surface area (Å²) >= 11 is 0. The minimum atomic E-state index is -1.29. The standard InChI is InChI=1S/C6H15N.C4H7NO4/c1-4-7(5-2)6-3;5-2(4(8)9)1-3(6)7/h4-6H2,1-3H3;2H,1,5H2,(H,6,7)(H,8,9)/t;2-/m.0/s1. The number of hydrogen-bond acceptors (Lipinski definition) is 4. The summed E-state index contributed by atoms with van der Waals surface area (Å²) in [5.74, 6) is -2.50. The van der Waals surface area contributed by atoms with Gasteiger partial charge < -0.3 is 20.8 Å². The summed E-state index contributed by atoms with van der Waals surface area (Å²) in [7, 11) is 0. The Labute approximate surface area is 96.0 Å². The van der Waals surface area contributed by atoms with Crippen LogP contribution < -0.4 is 5.73 Å². The lowest BCUT2D eigenvalue weighted by Gasteiger charge is -2.13. The number of nitrogens with zero attached hydrogens (tertiary/aromatic N) is 1. The molecule has 0 saturated carbocycles. The highest BCUT2D eigenvalue weighted by molar-refractivity contribution is 5.80. The van der Waals surface area contributed by atoms with Crippen LogP contribution in [0.2, 0.25) is 0 Å². The van der Waals surface area contributed by atoms with Crippen LogP contribution in [-0.2, 0) is 9.59 Å². The number of carboxylic acids is 2. The molecule has 0 spiro atoms. The van der Waals surface area contributed by atoms with Crippen molar-refractivity contribution in [2.24, 2.45) is 5.73 Å². The highest BCUT2D eigenvalue weighted by Gasteiger charge is 2.14. The highest BCUT2D eigenvalue weighted by Crippen LogP contribution is 1.86. The maximum absolute atomic E-state index is 9.85. The van der Waals surface area contributed by atoms with Crippen LogP contribution >= 0.6 is 0 Å². The van der Waals surface area contributed by atoms with Crippen LogP contribution in [0.3, 0.4) is 0 Å². The van der Waals surface area contributed by atoms with Crippen molar-refractivity contribution in [3.05, 3.63) is 0 Å². The number of aliphatic carboxylic acids is 2. The summed E-state index contributed by atoms with van der Waals surface area (Å²) < 4.78 is 0. The summed E-state index contributed by atoms with van der Waals surface area (Å²) in [6.07, 6.45) is -0.532. The van der Waals surface area contributed by atoms with Crippen molar-refractivity contribution >= 4 is 11.9 Å². The first kappa shape index (κ1) is 17.3. The van der Waals surface area contributed by atoms with Crippen molar-refractivity contribution in [2.75, 3.05) is 19.6 Å². The summed E-state index contributed by atoms with van der Waals surface area (Å²) in [4.78, 5) is 22.0. The van der Waals surface area contributed by atoms with E-state index in [2.05, 4.69) is 25.7 Å². The highest BCUT2D eigenvalue weighted by atomic mass is 16.4. The third kappa shape index (κ3) is 10.9. The third-order valence-electron chi connectivity index (χ3n) is 2.05. The average molecular weight is 234 g/mol. The lowest BCUT2D eigenvalue weighted by Crippen LogP contribution is -2.32. The van der Waals surface area contributed by atoms with Crippen LogP contribution in [0, 0.1) is 0 Å². The molecule has 0 aromatic heterocycles. The van der Waals surface area contributed by atoms with Crippen LogP contribution in [0.1, 0.15) is 27.2 Å². The molecule has 0 fully saturated rings. The van der Waals surface area contributed by atoms with Crippen LogP contribution in [0.4, 0.5) is 0 Å². The zero-order valence-electron chi connectivity index (χ0n) is 10.1. The van der Waals surface area contributed by atoms with E-state index in [1.54, 1.807) is 0 Å². The summed E-state index contributed by atoms with van der Waals surface area (Å²) in [5, 5.41) is 16.0. The molecule has 0 radical (unpaired) electrons. The van der Waals surface area contributed by atoms with Crippen LogP contribution in [0.25, 0.3) is 0 Å². The van der Waals surface area contributed by atoms with E-state index >= 15 is 0 Å². The Morgan fingerprint density at radius 2 is 1.50 bits per heavy atom. The SMILES string of the molecule is CCN(CC)CC.N[C@@H](CC(=O)O)C(=O)O. The van der Waals surface area contributed by atoms with E-state index in [0.717, 1.165) is 0 Å². The van der Waals surface area contributed by atoms with Gasteiger partial charge in [-0.3, -0.25) is 9.59 Å². The Bertz CT molecular complexity index is 199. The third-order valence-corrected chi connectivity index (χ3v) is 2.05. The number of carbonyl (C=O) groups is 2. The van der Waals surface area contributed by atoms with Gasteiger partial charge >= 0.3 is 11.9 Å². The van der Waals surface area contributed by atoms with Crippen molar-refractivity contribution in [1.82, 2.24) is 4.90 Å². The fraction of sp³-hybridized carbons (Fsp3) is 0.800. The zero-order valence-corrected chi connectivity index (χ0v) is 10.1. The van der Waals surface area contributed by atoms with E-state index in [1.165, 1.54) is 19.6 Å². The van der Waals surface area contributed by atoms with Gasteiger partial charge in [-0.25, -0.2) is 0 Å². The van der Waals surface area contributed by atoms with E-state index in [1.807, 2.05) is 0 Å². The van der Waals surface area contributed by atoms with Gasteiger partial charge in [0, 0.05) is 0 Å². The lowest BCUT2D eigenvalue weighted by atomic mass is 10.2. The molecule has 1 atom stereocenters. The van der Waals surface area contributed by atoms with Crippen molar-refractivity contribution in [2.45, 2.75) is 33.2 Å². The van der Waals surface area contributed by atoms with Gasteiger partial charge in [0.05, 0.1) is 6.42 Å². The number of carboxylic acid groups (broad SMARTS) is 2. The number of hydrogen-bond donors (Lipinski definition) is 3. The van der Waals surface area contributed by atoms with E-state index in [-0.39, 0.29) is 0 Å². The van der Waals surface area contributed by atoms with Gasteiger partial charge in [0.1, 0.15) is 6.04 Å². The maximum atomic E-state index is 9.85. The molecule has 6 nitrogen and oxygen atoms in total.